The lowest BCUT2D eigenvalue weighted by Gasteiger charge is -2.04. The number of benzene rings is 1. The number of nitrogens with two attached hydrogens (primary N) is 1. The lowest BCUT2D eigenvalue weighted by Crippen LogP contribution is -2.20. The van der Waals surface area contributed by atoms with Gasteiger partial charge in [0.05, 0.1) is 5.56 Å². The largest absolute Gasteiger partial charge is 0.441 e. The van der Waals surface area contributed by atoms with E-state index < -0.39 is 11.9 Å². The van der Waals surface area contributed by atoms with Gasteiger partial charge < -0.3 is 25.6 Å². The zero-order valence-corrected chi connectivity index (χ0v) is 11.9. The zero-order valence-electron chi connectivity index (χ0n) is 11.9. The fraction of sp³-hybridized carbons (Fsp3) is 0.0667. The third-order valence-electron chi connectivity index (χ3n) is 3.26. The molecule has 8 nitrogen and oxygen atoms in total. The lowest BCUT2D eigenvalue weighted by atomic mass is 10.1. The number of fused-ring (bicyclic) bond motifs is 1. The van der Waals surface area contributed by atoms with Crippen LogP contribution in [0.4, 0.5) is 16.4 Å². The Morgan fingerprint density at radius 3 is 2.78 bits per heavy atom. The fourth-order valence-corrected chi connectivity index (χ4v) is 2.27. The van der Waals surface area contributed by atoms with Crippen molar-refractivity contribution in [3.05, 3.63) is 47.9 Å². The van der Waals surface area contributed by atoms with Crippen molar-refractivity contribution in [3.63, 3.8) is 0 Å². The van der Waals surface area contributed by atoms with Crippen LogP contribution in [-0.2, 0) is 6.61 Å². The highest BCUT2D eigenvalue weighted by Gasteiger charge is 2.18. The minimum atomic E-state index is -0.808. The number of nitrogens with one attached hydrogen (secondary N) is 3. The number of primary amides is 1. The van der Waals surface area contributed by atoms with E-state index in [4.69, 9.17) is 15.3 Å². The van der Waals surface area contributed by atoms with E-state index in [0.717, 1.165) is 10.9 Å². The van der Waals surface area contributed by atoms with Gasteiger partial charge in [-0.25, -0.2) is 4.79 Å². The smallest absolute Gasteiger partial charge is 0.316 e. The quantitative estimate of drug-likeness (QED) is 0.503. The van der Waals surface area contributed by atoms with Crippen LogP contribution in [-0.4, -0.2) is 22.0 Å². The lowest BCUT2D eigenvalue weighted by molar-refractivity contribution is 0.102. The molecular weight excluding hydrogens is 300 g/mol. The number of carbonyl (C=O) groups is 2. The summed E-state index contributed by atoms with van der Waals surface area (Å²) in [7, 11) is 0. The number of aliphatic hydroxyl groups is 1. The van der Waals surface area contributed by atoms with Crippen molar-refractivity contribution in [3.8, 4) is 0 Å². The average molecular weight is 314 g/mol. The Bertz CT molecular complexity index is 881. The van der Waals surface area contributed by atoms with Crippen molar-refractivity contribution < 1.29 is 19.1 Å². The maximum absolute atomic E-state index is 12.4. The van der Waals surface area contributed by atoms with Gasteiger partial charge in [-0.05, 0) is 6.07 Å². The van der Waals surface area contributed by atoms with E-state index in [1.165, 1.54) is 6.07 Å². The van der Waals surface area contributed by atoms with Crippen LogP contribution >= 0.6 is 0 Å². The molecule has 2 heterocycles. The first-order valence-corrected chi connectivity index (χ1v) is 6.76. The molecule has 0 aliphatic heterocycles. The summed E-state index contributed by atoms with van der Waals surface area (Å²) in [5.74, 6) is -0.236. The van der Waals surface area contributed by atoms with Crippen LogP contribution in [0.25, 0.3) is 10.9 Å². The van der Waals surface area contributed by atoms with Gasteiger partial charge in [-0.3, -0.25) is 10.1 Å². The number of H-pyrrole nitrogens is 1. The molecule has 1 aromatic carbocycles. The third kappa shape index (κ3) is 2.87. The Kier molecular flexibility index (Phi) is 3.73. The van der Waals surface area contributed by atoms with Crippen LogP contribution in [0.2, 0.25) is 0 Å². The number of furan rings is 1. The Labute approximate surface area is 130 Å². The molecule has 0 bridgehead atoms. The molecule has 3 aromatic rings. The maximum atomic E-state index is 12.4. The molecule has 0 fully saturated rings. The molecule has 3 rings (SSSR count). The number of urea groups is 1. The number of hydrogen-bond acceptors (Lipinski definition) is 4. The first-order valence-electron chi connectivity index (χ1n) is 6.76. The SMILES string of the molecule is NC(=O)Nc1cc(CO)oc1NC(=O)c1c[nH]c2ccccc12. The number of aromatic amines is 1. The zero-order chi connectivity index (χ0) is 16.4. The minimum Gasteiger partial charge on any atom is -0.441 e. The van der Waals surface area contributed by atoms with E-state index in [1.54, 1.807) is 6.20 Å². The van der Waals surface area contributed by atoms with E-state index in [2.05, 4.69) is 15.6 Å². The molecule has 6 N–H and O–H groups in total. The summed E-state index contributed by atoms with van der Waals surface area (Å²) in [6, 6.07) is 7.92. The number of rotatable bonds is 4. The van der Waals surface area contributed by atoms with Gasteiger partial charge in [0.2, 0.25) is 5.88 Å². The topological polar surface area (TPSA) is 133 Å². The van der Waals surface area contributed by atoms with E-state index in [0.29, 0.717) is 5.56 Å². The van der Waals surface area contributed by atoms with Gasteiger partial charge in [0, 0.05) is 23.2 Å². The second-order valence-electron chi connectivity index (χ2n) is 4.80. The summed E-state index contributed by atoms with van der Waals surface area (Å²) in [6.07, 6.45) is 1.58. The van der Waals surface area contributed by atoms with Crippen molar-refractivity contribution in [1.82, 2.24) is 4.98 Å². The standard InChI is InChI=1S/C15H14N4O4/c16-15(22)18-12-5-8(7-20)23-14(12)19-13(21)10-6-17-11-4-2-1-3-9(10)11/h1-6,17,20H,7H2,(H,19,21)(H3,16,18,22). The van der Waals surface area contributed by atoms with Crippen LogP contribution in [0.3, 0.4) is 0 Å². The van der Waals surface area contributed by atoms with Crippen LogP contribution in [0, 0.1) is 0 Å². The van der Waals surface area contributed by atoms with Gasteiger partial charge in [0.15, 0.2) is 0 Å². The molecular formula is C15H14N4O4. The van der Waals surface area contributed by atoms with E-state index in [-0.39, 0.29) is 23.9 Å². The molecule has 0 saturated heterocycles. The summed E-state index contributed by atoms with van der Waals surface area (Å²) in [6.45, 7) is -0.379. The average Bonchev–Trinajstić information content (AvgIpc) is 3.11. The predicted octanol–water partition coefficient (Wildman–Crippen LogP) is 2.00. The first kappa shape index (κ1) is 14.7. The van der Waals surface area contributed by atoms with Gasteiger partial charge in [-0.2, -0.15) is 0 Å². The number of anilines is 2. The Morgan fingerprint density at radius 2 is 2.04 bits per heavy atom. The second kappa shape index (κ2) is 5.85. The molecule has 8 heteroatoms. The Morgan fingerprint density at radius 1 is 1.26 bits per heavy atom. The molecule has 0 aliphatic carbocycles. The van der Waals surface area contributed by atoms with Gasteiger partial charge in [0.1, 0.15) is 18.1 Å². The van der Waals surface area contributed by atoms with E-state index in [9.17, 15) is 9.59 Å². The van der Waals surface area contributed by atoms with E-state index >= 15 is 0 Å². The number of carbonyl (C=O) groups excluding carboxylic acids is 2. The van der Waals surface area contributed by atoms with Crippen LogP contribution in [0.1, 0.15) is 16.1 Å². The molecule has 2 aromatic heterocycles. The molecule has 3 amide bonds. The molecule has 0 unspecified atom stereocenters. The second-order valence-corrected chi connectivity index (χ2v) is 4.80. The molecule has 118 valence electrons. The summed E-state index contributed by atoms with van der Waals surface area (Å²) in [4.78, 5) is 26.4. The number of aromatic nitrogens is 1. The number of para-hydroxylation sites is 1. The third-order valence-corrected chi connectivity index (χ3v) is 3.26. The predicted molar refractivity (Wildman–Crippen MR) is 84.1 cm³/mol. The van der Waals surface area contributed by atoms with Crippen LogP contribution in [0.5, 0.6) is 0 Å². The van der Waals surface area contributed by atoms with Crippen molar-refractivity contribution in [2.45, 2.75) is 6.61 Å². The highest BCUT2D eigenvalue weighted by Crippen LogP contribution is 2.28. The fourth-order valence-electron chi connectivity index (χ4n) is 2.27. The van der Waals surface area contributed by atoms with Crippen molar-refractivity contribution in [2.24, 2.45) is 5.73 Å². The number of aliphatic hydroxyl groups excluding tert-OH is 1. The minimum absolute atomic E-state index is 0.00290. The van der Waals surface area contributed by atoms with Crippen molar-refractivity contribution >= 4 is 34.4 Å². The normalized spacial score (nSPS) is 10.7. The Balaban J connectivity index is 1.90. The van der Waals surface area contributed by atoms with Gasteiger partial charge in [0.25, 0.3) is 5.91 Å². The van der Waals surface area contributed by atoms with Crippen LogP contribution < -0.4 is 16.4 Å². The highest BCUT2D eigenvalue weighted by molar-refractivity contribution is 6.13. The number of hydrogen-bond donors (Lipinski definition) is 5. The first-order chi connectivity index (χ1) is 11.1. The Hall–Kier alpha value is -3.26. The van der Waals surface area contributed by atoms with Crippen molar-refractivity contribution in [1.29, 1.82) is 0 Å². The molecule has 23 heavy (non-hydrogen) atoms. The van der Waals surface area contributed by atoms with E-state index in [1.807, 2.05) is 24.3 Å². The van der Waals surface area contributed by atoms with Crippen molar-refractivity contribution in [2.75, 3.05) is 10.6 Å². The van der Waals surface area contributed by atoms with Gasteiger partial charge >= 0.3 is 6.03 Å². The maximum Gasteiger partial charge on any atom is 0.316 e. The molecule has 0 radical (unpaired) electrons. The highest BCUT2D eigenvalue weighted by atomic mass is 16.4. The summed E-state index contributed by atoms with van der Waals surface area (Å²) in [5, 5.41) is 14.8. The summed E-state index contributed by atoms with van der Waals surface area (Å²) < 4.78 is 5.28. The molecule has 0 aliphatic rings. The number of amides is 3. The van der Waals surface area contributed by atoms with Crippen LogP contribution in [0.15, 0.2) is 40.9 Å². The molecule has 0 spiro atoms. The van der Waals surface area contributed by atoms with Gasteiger partial charge in [-0.15, -0.1) is 0 Å². The molecule has 0 saturated carbocycles. The monoisotopic (exact) mass is 314 g/mol. The van der Waals surface area contributed by atoms with Gasteiger partial charge in [-0.1, -0.05) is 18.2 Å². The molecule has 0 atom stereocenters. The summed E-state index contributed by atoms with van der Waals surface area (Å²) >= 11 is 0. The summed E-state index contributed by atoms with van der Waals surface area (Å²) in [5.41, 5.74) is 6.49.